The molecule has 0 aliphatic rings. The first kappa shape index (κ1) is 39.5. The summed E-state index contributed by atoms with van der Waals surface area (Å²) in [6, 6.07) is 24.3. The van der Waals surface area contributed by atoms with Crippen LogP contribution in [0.2, 0.25) is 0 Å². The lowest BCUT2D eigenvalue weighted by atomic mass is 9.99. The third kappa shape index (κ3) is 10.9. The van der Waals surface area contributed by atoms with E-state index in [1.165, 1.54) is 62.5 Å². The summed E-state index contributed by atoms with van der Waals surface area (Å²) in [5, 5.41) is 11.4. The summed E-state index contributed by atoms with van der Waals surface area (Å²) in [5.41, 5.74) is 8.73. The van der Waals surface area contributed by atoms with Crippen molar-refractivity contribution in [1.82, 2.24) is 15.0 Å². The fourth-order valence-corrected chi connectivity index (χ4v) is 6.90. The highest BCUT2D eigenvalue weighted by Gasteiger charge is 2.21. The summed E-state index contributed by atoms with van der Waals surface area (Å²) in [6.45, 7) is 14.1. The first-order valence-electron chi connectivity index (χ1n) is 19.9. The second kappa shape index (κ2) is 19.9. The Bertz CT molecular complexity index is 1870. The molecule has 0 aliphatic carbocycles. The molecule has 280 valence electrons. The van der Waals surface area contributed by atoms with E-state index in [9.17, 15) is 5.11 Å². The number of unbranched alkanes of at least 4 members (excludes halogenated alkanes) is 10. The molecule has 0 saturated carbocycles. The number of phenols is 1. The monoisotopic (exact) mass is 713 g/mol. The van der Waals surface area contributed by atoms with Crippen molar-refractivity contribution in [2.24, 2.45) is 0 Å². The second-order valence-corrected chi connectivity index (χ2v) is 14.5. The Balaban J connectivity index is 1.55. The summed E-state index contributed by atoms with van der Waals surface area (Å²) in [4.78, 5) is 15.3. The molecule has 6 nitrogen and oxygen atoms in total. The SMILES string of the molecule is CCCCCCCCOc1ccc(-c2cccc(-c3nc(-c4ccc(C)cc4C)nc(-c4ccc(C)cc4C)n3)c2OCCCCCCCC)c(O)c1. The zero-order valence-electron chi connectivity index (χ0n) is 32.9. The molecule has 4 aromatic carbocycles. The van der Waals surface area contributed by atoms with Crippen molar-refractivity contribution in [3.05, 3.63) is 95.1 Å². The van der Waals surface area contributed by atoms with Crippen LogP contribution in [0.5, 0.6) is 17.2 Å². The zero-order chi connectivity index (χ0) is 37.6. The Labute approximate surface area is 318 Å². The van der Waals surface area contributed by atoms with E-state index in [1.54, 1.807) is 6.07 Å². The molecule has 0 spiro atoms. The molecular formula is C47H59N3O3. The normalized spacial score (nSPS) is 11.2. The van der Waals surface area contributed by atoms with Gasteiger partial charge in [0.2, 0.25) is 0 Å². The van der Waals surface area contributed by atoms with Crippen LogP contribution in [0.3, 0.4) is 0 Å². The van der Waals surface area contributed by atoms with E-state index in [2.05, 4.69) is 77.9 Å². The molecule has 0 fully saturated rings. The van der Waals surface area contributed by atoms with Gasteiger partial charge < -0.3 is 14.6 Å². The van der Waals surface area contributed by atoms with Gasteiger partial charge >= 0.3 is 0 Å². The molecular weight excluding hydrogens is 655 g/mol. The van der Waals surface area contributed by atoms with Crippen LogP contribution >= 0.6 is 0 Å². The number of hydrogen-bond donors (Lipinski definition) is 1. The van der Waals surface area contributed by atoms with E-state index in [0.29, 0.717) is 47.7 Å². The molecule has 5 rings (SSSR count). The summed E-state index contributed by atoms with van der Waals surface area (Å²) in [7, 11) is 0. The standard InChI is InChI=1S/C47H59N3O3/c1-7-9-11-13-15-17-28-52-37-24-27-40(43(51)32-37)41-20-19-21-42(44(41)53-29-18-16-14-12-10-8-2)47-49-45(38-25-22-33(3)30-35(38)5)48-46(50-47)39-26-23-34(4)31-36(39)6/h19-27,30-32,51H,7-18,28-29H2,1-6H3. The first-order valence-corrected chi connectivity index (χ1v) is 19.9. The highest BCUT2D eigenvalue weighted by molar-refractivity contribution is 5.84. The zero-order valence-corrected chi connectivity index (χ0v) is 32.9. The van der Waals surface area contributed by atoms with Gasteiger partial charge in [0.15, 0.2) is 17.5 Å². The maximum absolute atomic E-state index is 11.4. The summed E-state index contributed by atoms with van der Waals surface area (Å²) >= 11 is 0. The van der Waals surface area contributed by atoms with Gasteiger partial charge in [-0.1, -0.05) is 138 Å². The van der Waals surface area contributed by atoms with Crippen molar-refractivity contribution in [3.63, 3.8) is 0 Å². The molecule has 0 saturated heterocycles. The summed E-state index contributed by atoms with van der Waals surface area (Å²) in [6.07, 6.45) is 14.2. The van der Waals surface area contributed by atoms with Gasteiger partial charge in [0, 0.05) is 28.3 Å². The molecule has 5 aromatic rings. The number of hydrogen-bond acceptors (Lipinski definition) is 6. The molecule has 0 unspecified atom stereocenters. The van der Waals surface area contributed by atoms with Crippen molar-refractivity contribution in [2.45, 2.75) is 119 Å². The van der Waals surface area contributed by atoms with Crippen LogP contribution in [0.4, 0.5) is 0 Å². The lowest BCUT2D eigenvalue weighted by molar-refractivity contribution is 0.302. The van der Waals surface area contributed by atoms with Crippen molar-refractivity contribution >= 4 is 0 Å². The summed E-state index contributed by atoms with van der Waals surface area (Å²) < 4.78 is 12.8. The average Bonchev–Trinajstić information content (AvgIpc) is 3.14. The van der Waals surface area contributed by atoms with Gasteiger partial charge in [0.05, 0.1) is 18.8 Å². The number of aryl methyl sites for hydroxylation is 4. The van der Waals surface area contributed by atoms with Gasteiger partial charge in [-0.05, 0) is 69.9 Å². The first-order chi connectivity index (χ1) is 25.8. The highest BCUT2D eigenvalue weighted by atomic mass is 16.5. The average molecular weight is 714 g/mol. The van der Waals surface area contributed by atoms with Crippen LogP contribution in [-0.2, 0) is 0 Å². The van der Waals surface area contributed by atoms with Gasteiger partial charge in [-0.15, -0.1) is 0 Å². The number of ether oxygens (including phenoxy) is 2. The maximum atomic E-state index is 11.4. The molecule has 0 atom stereocenters. The Morgan fingerprint density at radius 1 is 0.472 bits per heavy atom. The van der Waals surface area contributed by atoms with Crippen LogP contribution in [0.15, 0.2) is 72.8 Å². The van der Waals surface area contributed by atoms with E-state index in [-0.39, 0.29) is 5.75 Å². The molecule has 0 radical (unpaired) electrons. The van der Waals surface area contributed by atoms with Crippen LogP contribution in [0, 0.1) is 27.7 Å². The predicted octanol–water partition coefficient (Wildman–Crippen LogP) is 13.0. The van der Waals surface area contributed by atoms with Crippen LogP contribution < -0.4 is 9.47 Å². The molecule has 53 heavy (non-hydrogen) atoms. The second-order valence-electron chi connectivity index (χ2n) is 14.5. The topological polar surface area (TPSA) is 77.4 Å². The van der Waals surface area contributed by atoms with E-state index >= 15 is 0 Å². The van der Waals surface area contributed by atoms with Crippen molar-refractivity contribution in [1.29, 1.82) is 0 Å². The Hall–Kier alpha value is -4.71. The third-order valence-corrected chi connectivity index (χ3v) is 9.91. The number of aromatic nitrogens is 3. The molecule has 1 heterocycles. The third-order valence-electron chi connectivity index (χ3n) is 9.91. The Morgan fingerprint density at radius 3 is 1.47 bits per heavy atom. The van der Waals surface area contributed by atoms with Gasteiger partial charge in [-0.3, -0.25) is 0 Å². The number of benzene rings is 4. The van der Waals surface area contributed by atoms with E-state index in [0.717, 1.165) is 59.1 Å². The van der Waals surface area contributed by atoms with Gasteiger partial charge in [-0.2, -0.15) is 0 Å². The van der Waals surface area contributed by atoms with Gasteiger partial charge in [0.1, 0.15) is 17.2 Å². The molecule has 1 aromatic heterocycles. The number of para-hydroxylation sites is 1. The lowest BCUT2D eigenvalue weighted by Gasteiger charge is -2.18. The minimum Gasteiger partial charge on any atom is -0.507 e. The Morgan fingerprint density at radius 2 is 0.943 bits per heavy atom. The Kier molecular flexibility index (Phi) is 14.9. The number of aromatic hydroxyl groups is 1. The molecule has 1 N–H and O–H groups in total. The van der Waals surface area contributed by atoms with Crippen LogP contribution in [-0.4, -0.2) is 33.3 Å². The smallest absolute Gasteiger partial charge is 0.167 e. The predicted molar refractivity (Wildman–Crippen MR) is 220 cm³/mol. The molecule has 0 aliphatic heterocycles. The van der Waals surface area contributed by atoms with E-state index in [1.807, 2.05) is 30.3 Å². The quantitative estimate of drug-likeness (QED) is 0.0809. The molecule has 0 amide bonds. The van der Waals surface area contributed by atoms with Crippen LogP contribution in [0.25, 0.3) is 45.3 Å². The fraction of sp³-hybridized carbons (Fsp3) is 0.426. The summed E-state index contributed by atoms with van der Waals surface area (Å²) in [5.74, 6) is 3.23. The highest BCUT2D eigenvalue weighted by Crippen LogP contribution is 2.43. The molecule has 0 bridgehead atoms. The van der Waals surface area contributed by atoms with Gasteiger partial charge in [-0.25, -0.2) is 15.0 Å². The number of phenolic OH excluding ortho intramolecular Hbond substituents is 1. The van der Waals surface area contributed by atoms with Crippen LogP contribution in [0.1, 0.15) is 113 Å². The largest absolute Gasteiger partial charge is 0.507 e. The molecule has 6 heteroatoms. The van der Waals surface area contributed by atoms with E-state index in [4.69, 9.17) is 24.4 Å². The minimum atomic E-state index is 0.148. The van der Waals surface area contributed by atoms with Crippen molar-refractivity contribution in [3.8, 4) is 62.5 Å². The number of rotatable bonds is 20. The fourth-order valence-electron chi connectivity index (χ4n) is 6.90. The van der Waals surface area contributed by atoms with Gasteiger partial charge in [0.25, 0.3) is 0 Å². The lowest BCUT2D eigenvalue weighted by Crippen LogP contribution is -2.05. The maximum Gasteiger partial charge on any atom is 0.167 e. The van der Waals surface area contributed by atoms with Crippen molar-refractivity contribution in [2.75, 3.05) is 13.2 Å². The van der Waals surface area contributed by atoms with E-state index < -0.39 is 0 Å². The minimum absolute atomic E-state index is 0.148. The van der Waals surface area contributed by atoms with Crippen molar-refractivity contribution < 1.29 is 14.6 Å². The number of nitrogens with zero attached hydrogens (tertiary/aromatic N) is 3.